The molecular formula is C17H19N3O4S. The van der Waals surface area contributed by atoms with E-state index in [2.05, 4.69) is 9.82 Å². The van der Waals surface area contributed by atoms with Crippen molar-refractivity contribution in [1.29, 1.82) is 0 Å². The number of aromatic nitrogens is 2. The maximum atomic E-state index is 12.6. The molecule has 1 aliphatic carbocycles. The van der Waals surface area contributed by atoms with Gasteiger partial charge in [0.1, 0.15) is 10.6 Å². The number of fused-ring (bicyclic) bond motifs is 2. The van der Waals surface area contributed by atoms with E-state index in [0.717, 1.165) is 11.3 Å². The van der Waals surface area contributed by atoms with Crippen LogP contribution in [0.1, 0.15) is 24.1 Å². The van der Waals surface area contributed by atoms with Crippen molar-refractivity contribution in [2.45, 2.75) is 30.1 Å². The molecule has 1 amide bonds. The Morgan fingerprint density at radius 2 is 2.16 bits per heavy atom. The zero-order valence-corrected chi connectivity index (χ0v) is 14.8. The number of aryl methyl sites for hydroxylation is 1. The van der Waals surface area contributed by atoms with E-state index in [9.17, 15) is 13.2 Å². The van der Waals surface area contributed by atoms with Gasteiger partial charge in [-0.1, -0.05) is 18.2 Å². The van der Waals surface area contributed by atoms with Crippen LogP contribution < -0.4 is 9.46 Å². The van der Waals surface area contributed by atoms with Crippen LogP contribution in [-0.2, 0) is 27.3 Å². The van der Waals surface area contributed by atoms with Gasteiger partial charge in [0, 0.05) is 23.9 Å². The number of carbonyl (C=O) groups excluding carboxylic acids is 1. The second kappa shape index (κ2) is 5.32. The lowest BCUT2D eigenvalue weighted by Crippen LogP contribution is -2.35. The number of amides is 1. The molecule has 1 aromatic heterocycles. The van der Waals surface area contributed by atoms with Crippen molar-refractivity contribution in [3.05, 3.63) is 41.7 Å². The van der Waals surface area contributed by atoms with Crippen LogP contribution in [0.25, 0.3) is 0 Å². The third-order valence-corrected chi connectivity index (χ3v) is 6.79. The number of sulfonamides is 1. The molecule has 0 saturated heterocycles. The fraction of sp³-hybridized carbons (Fsp3) is 0.412. The minimum absolute atomic E-state index is 0.0328. The van der Waals surface area contributed by atoms with E-state index in [0.29, 0.717) is 25.1 Å². The molecule has 0 radical (unpaired) electrons. The molecule has 8 heteroatoms. The average Bonchev–Trinajstić information content (AvgIpc) is 3.19. The highest BCUT2D eigenvalue weighted by Crippen LogP contribution is 2.60. The molecule has 132 valence electrons. The summed E-state index contributed by atoms with van der Waals surface area (Å²) in [5.74, 6) is -0.0285. The lowest BCUT2D eigenvalue weighted by atomic mass is 9.87. The largest absolute Gasteiger partial charge is 0.493 e. The van der Waals surface area contributed by atoms with Gasteiger partial charge in [0.05, 0.1) is 18.5 Å². The zero-order chi connectivity index (χ0) is 17.8. The smallest absolute Gasteiger partial charge is 0.267 e. The van der Waals surface area contributed by atoms with E-state index in [1.54, 1.807) is 14.0 Å². The number of hydrogen-bond acceptors (Lipinski definition) is 5. The Balaban J connectivity index is 1.58. The molecule has 25 heavy (non-hydrogen) atoms. The molecule has 1 fully saturated rings. The second-order valence-electron chi connectivity index (χ2n) is 6.70. The highest BCUT2D eigenvalue weighted by atomic mass is 32.2. The van der Waals surface area contributed by atoms with Crippen LogP contribution in [-0.4, -0.2) is 30.7 Å². The topological polar surface area (TPSA) is 90.3 Å². The Morgan fingerprint density at radius 3 is 2.88 bits per heavy atom. The molecule has 0 unspecified atom stereocenters. The first-order valence-electron chi connectivity index (χ1n) is 8.13. The summed E-state index contributed by atoms with van der Waals surface area (Å²) >= 11 is 0. The van der Waals surface area contributed by atoms with Gasteiger partial charge >= 0.3 is 0 Å². The first-order valence-corrected chi connectivity index (χ1v) is 9.61. The Labute approximate surface area is 146 Å². The number of hydrogen-bond donors (Lipinski definition) is 1. The number of ether oxygens (including phenoxy) is 1. The summed E-state index contributed by atoms with van der Waals surface area (Å²) in [5, 5.41) is 3.93. The number of carbonyl (C=O) groups is 1. The summed E-state index contributed by atoms with van der Waals surface area (Å²) in [5.41, 5.74) is 1.18. The van der Waals surface area contributed by atoms with Crippen molar-refractivity contribution < 1.29 is 17.9 Å². The first-order chi connectivity index (χ1) is 11.8. The van der Waals surface area contributed by atoms with Crippen LogP contribution >= 0.6 is 0 Å². The summed E-state index contributed by atoms with van der Waals surface area (Å²) in [6.45, 7) is 2.19. The van der Waals surface area contributed by atoms with Gasteiger partial charge in [-0.15, -0.1) is 0 Å². The highest BCUT2D eigenvalue weighted by molar-refractivity contribution is 7.90. The Morgan fingerprint density at radius 1 is 1.40 bits per heavy atom. The lowest BCUT2D eigenvalue weighted by Gasteiger charge is -2.26. The van der Waals surface area contributed by atoms with E-state index in [4.69, 9.17) is 4.74 Å². The van der Waals surface area contributed by atoms with Crippen molar-refractivity contribution in [2.24, 2.45) is 13.0 Å². The number of para-hydroxylation sites is 1. The van der Waals surface area contributed by atoms with Crippen molar-refractivity contribution in [3.8, 4) is 5.75 Å². The summed E-state index contributed by atoms with van der Waals surface area (Å²) in [7, 11) is -2.26. The van der Waals surface area contributed by atoms with Crippen LogP contribution in [0, 0.1) is 12.8 Å². The van der Waals surface area contributed by atoms with E-state index in [-0.39, 0.29) is 16.2 Å². The van der Waals surface area contributed by atoms with Gasteiger partial charge in [0.25, 0.3) is 10.0 Å². The Hall–Kier alpha value is -2.35. The van der Waals surface area contributed by atoms with Gasteiger partial charge in [-0.3, -0.25) is 9.48 Å². The van der Waals surface area contributed by atoms with E-state index < -0.39 is 15.9 Å². The fourth-order valence-electron chi connectivity index (χ4n) is 3.71. The maximum absolute atomic E-state index is 12.6. The molecule has 0 bridgehead atoms. The number of nitrogens with zero attached hydrogens (tertiary/aromatic N) is 2. The van der Waals surface area contributed by atoms with E-state index in [1.165, 1.54) is 10.9 Å². The van der Waals surface area contributed by atoms with Gasteiger partial charge in [0.15, 0.2) is 0 Å². The monoisotopic (exact) mass is 361 g/mol. The molecule has 2 aliphatic rings. The summed E-state index contributed by atoms with van der Waals surface area (Å²) < 4.78 is 34.4. The second-order valence-corrected chi connectivity index (χ2v) is 8.35. The number of benzene rings is 1. The number of nitrogens with one attached hydrogen (secondary N) is 1. The molecule has 1 aromatic carbocycles. The summed E-state index contributed by atoms with van der Waals surface area (Å²) in [4.78, 5) is 12.7. The molecule has 2 aromatic rings. The van der Waals surface area contributed by atoms with Crippen molar-refractivity contribution in [2.75, 3.05) is 6.61 Å². The van der Waals surface area contributed by atoms with Gasteiger partial charge in [-0.2, -0.15) is 5.10 Å². The molecule has 4 rings (SSSR count). The third kappa shape index (κ3) is 2.43. The lowest BCUT2D eigenvalue weighted by molar-refractivity contribution is -0.121. The van der Waals surface area contributed by atoms with E-state index >= 15 is 0 Å². The molecule has 2 atom stereocenters. The van der Waals surface area contributed by atoms with Gasteiger partial charge in [-0.25, -0.2) is 13.1 Å². The average molecular weight is 361 g/mol. The van der Waals surface area contributed by atoms with Gasteiger partial charge in [0.2, 0.25) is 5.91 Å². The van der Waals surface area contributed by atoms with Crippen molar-refractivity contribution >= 4 is 15.9 Å². The summed E-state index contributed by atoms with van der Waals surface area (Å²) in [6, 6.07) is 7.66. The van der Waals surface area contributed by atoms with Crippen LogP contribution in [0.2, 0.25) is 0 Å². The van der Waals surface area contributed by atoms with Crippen molar-refractivity contribution in [1.82, 2.24) is 14.5 Å². The standard InChI is InChI=1S/C17H19N3O4S/c1-11-15(10-18-20(11)2)25(22,23)19-16(21)13-9-17(13)7-8-24-14-6-4-3-5-12(14)17/h3-6,10,13H,7-9H2,1-2H3,(H,19,21)/t13-,17-/m0/s1. The zero-order valence-electron chi connectivity index (χ0n) is 14.0. The fourth-order valence-corrected chi connectivity index (χ4v) is 4.93. The van der Waals surface area contributed by atoms with Gasteiger partial charge < -0.3 is 4.74 Å². The summed E-state index contributed by atoms with van der Waals surface area (Å²) in [6.07, 6.45) is 2.62. The first kappa shape index (κ1) is 16.1. The molecule has 2 heterocycles. The maximum Gasteiger partial charge on any atom is 0.267 e. The quantitative estimate of drug-likeness (QED) is 0.889. The van der Waals surface area contributed by atoms with E-state index in [1.807, 2.05) is 24.3 Å². The number of rotatable bonds is 3. The predicted octanol–water partition coefficient (Wildman–Crippen LogP) is 1.27. The Bertz CT molecular complexity index is 966. The molecule has 7 nitrogen and oxygen atoms in total. The minimum atomic E-state index is -3.92. The molecule has 1 N–H and O–H groups in total. The molecular weight excluding hydrogens is 342 g/mol. The normalized spacial score (nSPS) is 24.5. The van der Waals surface area contributed by atoms with Crippen LogP contribution in [0.3, 0.4) is 0 Å². The van der Waals surface area contributed by atoms with Crippen molar-refractivity contribution in [3.63, 3.8) is 0 Å². The van der Waals surface area contributed by atoms with Gasteiger partial charge in [-0.05, 0) is 25.8 Å². The highest BCUT2D eigenvalue weighted by Gasteiger charge is 2.61. The molecule has 1 spiro atoms. The predicted molar refractivity (Wildman–Crippen MR) is 89.6 cm³/mol. The van der Waals surface area contributed by atoms with Crippen LogP contribution in [0.4, 0.5) is 0 Å². The van der Waals surface area contributed by atoms with Crippen LogP contribution in [0.15, 0.2) is 35.4 Å². The third-order valence-electron chi connectivity index (χ3n) is 5.34. The SMILES string of the molecule is Cc1c(S(=O)(=O)NC(=O)[C@@H]2C[C@]23CCOc2ccccc23)cnn1C. The molecule has 1 aliphatic heterocycles. The molecule has 1 saturated carbocycles. The Kier molecular flexibility index (Phi) is 3.44. The minimum Gasteiger partial charge on any atom is -0.493 e. The van der Waals surface area contributed by atoms with Crippen LogP contribution in [0.5, 0.6) is 5.75 Å².